The number of nitrogens with zero attached hydrogens (tertiary/aromatic N) is 4. The van der Waals surface area contributed by atoms with E-state index < -0.39 is 56.5 Å². The predicted molar refractivity (Wildman–Crippen MR) is 254 cm³/mol. The van der Waals surface area contributed by atoms with E-state index in [9.17, 15) is 35.5 Å². The van der Waals surface area contributed by atoms with Crippen molar-refractivity contribution in [2.24, 2.45) is 0 Å². The van der Waals surface area contributed by atoms with E-state index in [1.165, 1.54) is 15.3 Å². The fraction of sp³-hybridized carbons (Fsp3) is 0.362. The van der Waals surface area contributed by atoms with Crippen LogP contribution >= 0.6 is 0 Å². The van der Waals surface area contributed by atoms with Crippen molar-refractivity contribution in [3.8, 4) is 0 Å². The average molecular weight is 978 g/mol. The first-order chi connectivity index (χ1) is 31.6. The number of hydrogen-bond donors (Lipinski definition) is 2. The third kappa shape index (κ3) is 11.9. The highest BCUT2D eigenvalue weighted by molar-refractivity contribution is 7.86. The van der Waals surface area contributed by atoms with Crippen LogP contribution in [0.5, 0.6) is 0 Å². The van der Waals surface area contributed by atoms with Crippen molar-refractivity contribution < 1.29 is 63.9 Å². The van der Waals surface area contributed by atoms with Gasteiger partial charge in [0.1, 0.15) is 27.1 Å². The van der Waals surface area contributed by atoms with Gasteiger partial charge >= 0.3 is 5.97 Å². The summed E-state index contributed by atoms with van der Waals surface area (Å²) in [5.41, 5.74) is 6.18. The molecular formula is C47H57N4O13S2Si+. The molecule has 2 amide bonds. The summed E-state index contributed by atoms with van der Waals surface area (Å²) in [5, 5.41) is 3.30. The van der Waals surface area contributed by atoms with Crippen LogP contribution in [0.25, 0.3) is 5.57 Å². The first-order valence-electron chi connectivity index (χ1n) is 21.5. The van der Waals surface area contributed by atoms with Crippen LogP contribution in [0.1, 0.15) is 46.3 Å². The molecule has 3 aromatic rings. The Kier molecular flexibility index (Phi) is 16.0. The molecule has 1 fully saturated rings. The SMILES string of the molecule is C=C1CCC(=O)N1OC(=O)CCOCCOCCOCCN(Cc1ccc(S(=O)(=O)O)cc1S(=O)(=O)O)C(=O)c1ccccc1C1=C2C=CC(=[N+](C)C)C=C2[Si](C)(C)c2cc(N(C)C)ccc21. The molecule has 17 nitrogen and oxygen atoms in total. The molecule has 2 aliphatic heterocycles. The zero-order valence-electron chi connectivity index (χ0n) is 38.5. The van der Waals surface area contributed by atoms with Gasteiger partial charge in [0.25, 0.3) is 32.1 Å². The largest absolute Gasteiger partial charge is 0.378 e. The molecular weight excluding hydrogens is 921 g/mol. The highest BCUT2D eigenvalue weighted by Crippen LogP contribution is 2.43. The van der Waals surface area contributed by atoms with Crippen molar-refractivity contribution in [1.82, 2.24) is 9.96 Å². The first kappa shape index (κ1) is 50.8. The number of hydroxylamine groups is 2. The summed E-state index contributed by atoms with van der Waals surface area (Å²) in [4.78, 5) is 45.9. The molecule has 3 aromatic carbocycles. The number of benzene rings is 3. The maximum absolute atomic E-state index is 15.1. The minimum absolute atomic E-state index is 0.0330. The van der Waals surface area contributed by atoms with Gasteiger partial charge in [-0.1, -0.05) is 50.0 Å². The second kappa shape index (κ2) is 21.2. The van der Waals surface area contributed by atoms with Gasteiger partial charge < -0.3 is 28.8 Å². The maximum atomic E-state index is 15.1. The Hall–Kier alpha value is -5.58. The summed E-state index contributed by atoms with van der Waals surface area (Å²) in [6.07, 6.45) is 6.98. The van der Waals surface area contributed by atoms with Crippen molar-refractivity contribution in [1.29, 1.82) is 0 Å². The van der Waals surface area contributed by atoms with Crippen LogP contribution in [-0.2, 0) is 55.4 Å². The van der Waals surface area contributed by atoms with E-state index in [0.29, 0.717) is 29.3 Å². The smallest absolute Gasteiger partial charge is 0.335 e. The van der Waals surface area contributed by atoms with Crippen LogP contribution in [0, 0.1) is 0 Å². The number of amides is 2. The minimum atomic E-state index is -5.05. The van der Waals surface area contributed by atoms with Gasteiger partial charge in [-0.25, -0.2) is 9.37 Å². The molecule has 2 N–H and O–H groups in total. The Labute approximate surface area is 392 Å². The quantitative estimate of drug-likeness (QED) is 0.0697. The topological polar surface area (TPSA) is 210 Å². The number of hydrogen-bond acceptors (Lipinski definition) is 12. The van der Waals surface area contributed by atoms with Crippen molar-refractivity contribution in [2.45, 2.75) is 48.7 Å². The molecule has 6 rings (SSSR count). The zero-order chi connectivity index (χ0) is 48.8. The number of rotatable bonds is 20. The van der Waals surface area contributed by atoms with E-state index in [1.54, 1.807) is 12.1 Å². The fourth-order valence-corrected chi connectivity index (χ4v) is 12.4. The number of carbonyl (C=O) groups is 3. The van der Waals surface area contributed by atoms with E-state index in [0.717, 1.165) is 45.3 Å². The van der Waals surface area contributed by atoms with Crippen LogP contribution in [0.15, 0.2) is 112 Å². The van der Waals surface area contributed by atoms with Crippen LogP contribution in [-0.4, -0.2) is 146 Å². The van der Waals surface area contributed by atoms with Gasteiger partial charge in [-0.05, 0) is 81.0 Å². The number of anilines is 1. The lowest BCUT2D eigenvalue weighted by atomic mass is 9.87. The molecule has 2 heterocycles. The summed E-state index contributed by atoms with van der Waals surface area (Å²) in [7, 11) is -4.29. The first-order valence-corrected chi connectivity index (χ1v) is 27.4. The molecule has 0 saturated carbocycles. The number of allylic oxidation sites excluding steroid dienone is 6. The normalized spacial score (nSPS) is 15.6. The van der Waals surface area contributed by atoms with Crippen molar-refractivity contribution in [2.75, 3.05) is 79.3 Å². The molecule has 358 valence electrons. The van der Waals surface area contributed by atoms with E-state index in [1.807, 2.05) is 40.3 Å². The second-order valence-electron chi connectivity index (χ2n) is 17.0. The molecule has 0 unspecified atom stereocenters. The van der Waals surface area contributed by atoms with Crippen LogP contribution in [0.2, 0.25) is 13.1 Å². The summed E-state index contributed by atoms with van der Waals surface area (Å²) < 4.78 is 88.3. The molecule has 1 aliphatic carbocycles. The van der Waals surface area contributed by atoms with E-state index in [-0.39, 0.29) is 70.5 Å². The Bertz CT molecular complexity index is 2800. The molecule has 20 heteroatoms. The van der Waals surface area contributed by atoms with Crippen LogP contribution in [0.3, 0.4) is 0 Å². The number of carbonyl (C=O) groups excluding carboxylic acids is 3. The third-order valence-electron chi connectivity index (χ3n) is 11.6. The molecule has 67 heavy (non-hydrogen) atoms. The van der Waals surface area contributed by atoms with Gasteiger partial charge in [-0.15, -0.1) is 5.06 Å². The van der Waals surface area contributed by atoms with Crippen molar-refractivity contribution in [3.05, 3.63) is 124 Å². The van der Waals surface area contributed by atoms with Gasteiger partial charge in [0.05, 0.1) is 56.7 Å². The summed E-state index contributed by atoms with van der Waals surface area (Å²) in [6.45, 7) is 8.47. The molecule has 0 bridgehead atoms. The standard InChI is InChI=1S/C47H56N4O13S2Si/c1-32-12-19-44(52)51(32)64-45(53)20-22-61-24-26-63-27-25-62-23-21-50(31-33-13-16-36(65(55,56)57)30-41(33)66(58,59)60)47(54)38-11-9-8-10-37(38)46-39-17-14-34(48(2)3)28-42(39)67(6,7)43-29-35(49(4)5)15-18-40(43)46/h8-11,13-18,28-30H,1,12,19-27,31H2,2-7H3,(H-,55,56,57,58,59,60)/p+1. The Morgan fingerprint density at radius 3 is 2.13 bits per heavy atom. The summed E-state index contributed by atoms with van der Waals surface area (Å²) in [6, 6.07) is 16.3. The fourth-order valence-electron chi connectivity index (χ4n) is 8.02. The highest BCUT2D eigenvalue weighted by atomic mass is 32.2. The molecule has 1 saturated heterocycles. The maximum Gasteiger partial charge on any atom is 0.335 e. The van der Waals surface area contributed by atoms with E-state index in [2.05, 4.69) is 65.6 Å². The Morgan fingerprint density at radius 2 is 1.51 bits per heavy atom. The number of fused-ring (bicyclic) bond motifs is 2. The lowest BCUT2D eigenvalue weighted by Crippen LogP contribution is -2.50. The Morgan fingerprint density at radius 1 is 0.836 bits per heavy atom. The van der Waals surface area contributed by atoms with E-state index in [4.69, 9.17) is 19.0 Å². The molecule has 0 spiro atoms. The van der Waals surface area contributed by atoms with E-state index >= 15 is 4.79 Å². The van der Waals surface area contributed by atoms with Crippen molar-refractivity contribution >= 4 is 68.3 Å². The van der Waals surface area contributed by atoms with Crippen LogP contribution in [0.4, 0.5) is 5.69 Å². The average Bonchev–Trinajstić information content (AvgIpc) is 3.58. The predicted octanol–water partition coefficient (Wildman–Crippen LogP) is 4.40. The molecule has 0 atom stereocenters. The summed E-state index contributed by atoms with van der Waals surface area (Å²) in [5.74, 6) is -1.45. The lowest BCUT2D eigenvalue weighted by molar-refractivity contribution is -0.462. The Balaban J connectivity index is 1.23. The molecule has 0 aromatic heterocycles. The lowest BCUT2D eigenvalue weighted by Gasteiger charge is -2.38. The summed E-state index contributed by atoms with van der Waals surface area (Å²) >= 11 is 0. The van der Waals surface area contributed by atoms with Crippen molar-refractivity contribution in [3.63, 3.8) is 0 Å². The third-order valence-corrected chi connectivity index (χ3v) is 17.0. The van der Waals surface area contributed by atoms with Gasteiger partial charge in [0.15, 0.2) is 5.71 Å². The zero-order valence-corrected chi connectivity index (χ0v) is 41.1. The second-order valence-corrected chi connectivity index (χ2v) is 24.2. The minimum Gasteiger partial charge on any atom is -0.378 e. The monoisotopic (exact) mass is 977 g/mol. The van der Waals surface area contributed by atoms with Gasteiger partial charge in [-0.2, -0.15) is 16.8 Å². The van der Waals surface area contributed by atoms with Crippen LogP contribution < -0.4 is 10.1 Å². The molecule has 0 radical (unpaired) electrons. The number of ether oxygens (including phenoxy) is 3. The van der Waals surface area contributed by atoms with Gasteiger partial charge in [0, 0.05) is 57.0 Å². The highest BCUT2D eigenvalue weighted by Gasteiger charge is 2.41. The van der Waals surface area contributed by atoms with Gasteiger partial charge in [-0.3, -0.25) is 18.7 Å². The molecule has 3 aliphatic rings. The van der Waals surface area contributed by atoms with Gasteiger partial charge in [0.2, 0.25) is 0 Å².